The first-order valence-corrected chi connectivity index (χ1v) is 11.4. The smallest absolute Gasteiger partial charge is 0.326 e. The van der Waals surface area contributed by atoms with Crippen molar-refractivity contribution in [3.63, 3.8) is 0 Å². The molecule has 2 aromatic heterocycles. The summed E-state index contributed by atoms with van der Waals surface area (Å²) in [6, 6.07) is 4.33. The van der Waals surface area contributed by atoms with Crippen LogP contribution in [0.4, 0.5) is 0 Å². The zero-order chi connectivity index (χ0) is 26.1. The third-order valence-electron chi connectivity index (χ3n) is 5.63. The third kappa shape index (κ3) is 7.30. The number of carboxylic acids is 1. The summed E-state index contributed by atoms with van der Waals surface area (Å²) >= 11 is 0. The first-order chi connectivity index (χ1) is 17.2. The number of aliphatic imine (C=N–C) groups is 1. The number of imidazole rings is 1. The number of nitrogens with zero attached hydrogens (tertiary/aromatic N) is 2. The first-order valence-electron chi connectivity index (χ1n) is 11.4. The summed E-state index contributed by atoms with van der Waals surface area (Å²) in [5.41, 5.74) is 18.8. The molecule has 0 unspecified atom stereocenters. The molecule has 0 bridgehead atoms. The van der Waals surface area contributed by atoms with E-state index in [1.807, 2.05) is 24.3 Å². The Labute approximate surface area is 206 Å². The zero-order valence-corrected chi connectivity index (χ0v) is 19.6. The lowest BCUT2D eigenvalue weighted by Crippen LogP contribution is -2.55. The molecule has 0 spiro atoms. The minimum atomic E-state index is -1.23. The maximum Gasteiger partial charge on any atom is 0.326 e. The van der Waals surface area contributed by atoms with Crippen molar-refractivity contribution in [3.8, 4) is 0 Å². The Morgan fingerprint density at radius 1 is 1.06 bits per heavy atom. The van der Waals surface area contributed by atoms with Crippen LogP contribution in [-0.2, 0) is 27.2 Å². The molecule has 0 radical (unpaired) electrons. The summed E-state index contributed by atoms with van der Waals surface area (Å²) in [4.78, 5) is 51.5. The SMILES string of the molecule is NC(N)=NCCC[C@H](N)C(=O)N[C@@H](Cc1c[nH]c2ccccc12)C(=O)N[C@@H](Cc1cnc[nH]1)C(=O)O. The van der Waals surface area contributed by atoms with Crippen LogP contribution in [0.25, 0.3) is 10.9 Å². The van der Waals surface area contributed by atoms with E-state index in [0.29, 0.717) is 25.1 Å². The predicted octanol–water partition coefficient (Wildman–Crippen LogP) is -0.889. The van der Waals surface area contributed by atoms with Crippen molar-refractivity contribution in [2.75, 3.05) is 6.54 Å². The Morgan fingerprint density at radius 3 is 2.50 bits per heavy atom. The highest BCUT2D eigenvalue weighted by atomic mass is 16.4. The van der Waals surface area contributed by atoms with Crippen LogP contribution in [0.2, 0.25) is 0 Å². The minimum Gasteiger partial charge on any atom is -0.480 e. The Kier molecular flexibility index (Phi) is 9.00. The topological polar surface area (TPSA) is 230 Å². The van der Waals surface area contributed by atoms with Crippen LogP contribution >= 0.6 is 0 Å². The second kappa shape index (κ2) is 12.4. The van der Waals surface area contributed by atoms with Gasteiger partial charge in [-0.1, -0.05) is 18.2 Å². The van der Waals surface area contributed by atoms with Crippen LogP contribution in [0.5, 0.6) is 0 Å². The van der Waals surface area contributed by atoms with Crippen LogP contribution in [0, 0.1) is 0 Å². The van der Waals surface area contributed by atoms with Crippen LogP contribution in [0.3, 0.4) is 0 Å². The van der Waals surface area contributed by atoms with Gasteiger partial charge in [0.15, 0.2) is 5.96 Å². The van der Waals surface area contributed by atoms with E-state index in [9.17, 15) is 19.5 Å². The lowest BCUT2D eigenvalue weighted by Gasteiger charge is -2.23. The average molecular weight is 498 g/mol. The number of aliphatic carboxylic acids is 1. The standard InChI is InChI=1S/C23H31N9O4/c24-16(5-3-7-28-23(25)26)20(33)31-18(8-13-10-29-17-6-2-1-4-15(13)17)21(34)32-19(22(35)36)9-14-11-27-12-30-14/h1-2,4,6,10-12,16,18-19,29H,3,5,7-9,24H2,(H,27,30)(H,31,33)(H,32,34)(H,35,36)(H4,25,26,28)/t16-,18-,19-/m0/s1. The van der Waals surface area contributed by atoms with Gasteiger partial charge in [-0.3, -0.25) is 14.6 Å². The second-order valence-electron chi connectivity index (χ2n) is 8.36. The van der Waals surface area contributed by atoms with E-state index in [1.165, 1.54) is 12.5 Å². The van der Waals surface area contributed by atoms with Gasteiger partial charge in [0.25, 0.3) is 0 Å². The molecular formula is C23H31N9O4. The van der Waals surface area contributed by atoms with Crippen molar-refractivity contribution in [2.45, 2.75) is 43.8 Å². The number of guanidine groups is 1. The molecule has 36 heavy (non-hydrogen) atoms. The predicted molar refractivity (Wildman–Crippen MR) is 134 cm³/mol. The number of hydrogen-bond donors (Lipinski definition) is 8. The monoisotopic (exact) mass is 497 g/mol. The number of nitrogens with one attached hydrogen (secondary N) is 4. The van der Waals surface area contributed by atoms with E-state index >= 15 is 0 Å². The molecule has 1 aromatic carbocycles. The minimum absolute atomic E-state index is 0.000862. The fraction of sp³-hybridized carbons (Fsp3) is 0.348. The molecule has 0 aliphatic carbocycles. The quantitative estimate of drug-likeness (QED) is 0.0836. The first kappa shape index (κ1) is 26.2. The lowest BCUT2D eigenvalue weighted by molar-refractivity contribution is -0.142. The van der Waals surface area contributed by atoms with E-state index in [2.05, 4.69) is 30.6 Å². The van der Waals surface area contributed by atoms with Gasteiger partial charge in [-0.15, -0.1) is 0 Å². The molecule has 3 atom stereocenters. The number of carboxylic acid groups (broad SMARTS) is 1. The van der Waals surface area contributed by atoms with Gasteiger partial charge in [0, 0.05) is 48.4 Å². The van der Waals surface area contributed by atoms with E-state index in [-0.39, 0.29) is 18.8 Å². The highest BCUT2D eigenvalue weighted by Gasteiger charge is 2.29. The molecule has 0 aliphatic rings. The molecule has 192 valence electrons. The molecule has 2 heterocycles. The van der Waals surface area contributed by atoms with Crippen LogP contribution < -0.4 is 27.8 Å². The number of amides is 2. The molecule has 3 rings (SSSR count). The number of carbonyl (C=O) groups is 3. The summed E-state index contributed by atoms with van der Waals surface area (Å²) < 4.78 is 0. The number of para-hydroxylation sites is 1. The van der Waals surface area contributed by atoms with Gasteiger partial charge in [0.2, 0.25) is 11.8 Å². The summed E-state index contributed by atoms with van der Waals surface area (Å²) in [6.45, 7) is 0.316. The summed E-state index contributed by atoms with van der Waals surface area (Å²) in [7, 11) is 0. The number of benzene rings is 1. The van der Waals surface area contributed by atoms with Gasteiger partial charge >= 0.3 is 5.97 Å². The van der Waals surface area contributed by atoms with Gasteiger partial charge < -0.3 is 42.9 Å². The van der Waals surface area contributed by atoms with Crippen LogP contribution in [0.15, 0.2) is 48.0 Å². The van der Waals surface area contributed by atoms with E-state index in [4.69, 9.17) is 17.2 Å². The van der Waals surface area contributed by atoms with E-state index in [1.54, 1.807) is 6.20 Å². The van der Waals surface area contributed by atoms with Gasteiger partial charge in [-0.2, -0.15) is 0 Å². The number of aromatic amines is 2. The molecule has 13 nitrogen and oxygen atoms in total. The summed E-state index contributed by atoms with van der Waals surface area (Å²) in [5.74, 6) is -2.45. The van der Waals surface area contributed by atoms with Crippen molar-refractivity contribution in [1.82, 2.24) is 25.6 Å². The molecule has 0 saturated carbocycles. The van der Waals surface area contributed by atoms with Gasteiger partial charge in [0.05, 0.1) is 12.4 Å². The Balaban J connectivity index is 1.74. The number of hydrogen-bond acceptors (Lipinski definition) is 6. The molecule has 0 aliphatic heterocycles. The van der Waals surface area contributed by atoms with E-state index in [0.717, 1.165) is 16.5 Å². The fourth-order valence-corrected chi connectivity index (χ4v) is 3.75. The average Bonchev–Trinajstić information content (AvgIpc) is 3.50. The molecule has 0 fully saturated rings. The van der Waals surface area contributed by atoms with Crippen molar-refractivity contribution >= 4 is 34.6 Å². The third-order valence-corrected chi connectivity index (χ3v) is 5.63. The Hall–Kier alpha value is -4.39. The van der Waals surface area contributed by atoms with Crippen LogP contribution in [-0.4, -0.2) is 68.5 Å². The molecule has 0 saturated heterocycles. The number of fused-ring (bicyclic) bond motifs is 1. The number of rotatable bonds is 13. The molecule has 13 heteroatoms. The molecule has 2 amide bonds. The molecular weight excluding hydrogens is 466 g/mol. The van der Waals surface area contributed by atoms with E-state index < -0.39 is 35.9 Å². The van der Waals surface area contributed by atoms with Crippen molar-refractivity contribution in [2.24, 2.45) is 22.2 Å². The number of nitrogens with two attached hydrogens (primary N) is 3. The largest absolute Gasteiger partial charge is 0.480 e. The maximum absolute atomic E-state index is 13.2. The van der Waals surface area contributed by atoms with Gasteiger partial charge in [-0.25, -0.2) is 9.78 Å². The number of aromatic nitrogens is 3. The maximum atomic E-state index is 13.2. The van der Waals surface area contributed by atoms with Crippen LogP contribution in [0.1, 0.15) is 24.1 Å². The number of H-pyrrole nitrogens is 2. The Morgan fingerprint density at radius 2 is 1.81 bits per heavy atom. The second-order valence-corrected chi connectivity index (χ2v) is 8.36. The van der Waals surface area contributed by atoms with Gasteiger partial charge in [0.1, 0.15) is 12.1 Å². The normalized spacial score (nSPS) is 13.5. The summed E-state index contributed by atoms with van der Waals surface area (Å²) in [5, 5.41) is 15.7. The van der Waals surface area contributed by atoms with Gasteiger partial charge in [-0.05, 0) is 24.5 Å². The fourth-order valence-electron chi connectivity index (χ4n) is 3.75. The van der Waals surface area contributed by atoms with Crippen molar-refractivity contribution in [1.29, 1.82) is 0 Å². The highest BCUT2D eigenvalue weighted by Crippen LogP contribution is 2.19. The summed E-state index contributed by atoms with van der Waals surface area (Å²) in [6.07, 6.45) is 5.54. The molecule has 3 aromatic rings. The Bertz CT molecular complexity index is 1200. The number of carbonyl (C=O) groups excluding carboxylic acids is 2. The van der Waals surface area contributed by atoms with Crippen molar-refractivity contribution < 1.29 is 19.5 Å². The zero-order valence-electron chi connectivity index (χ0n) is 19.6. The van der Waals surface area contributed by atoms with Crippen molar-refractivity contribution in [3.05, 3.63) is 54.2 Å². The molecule has 11 N–H and O–H groups in total. The highest BCUT2D eigenvalue weighted by molar-refractivity contribution is 5.93. The lowest BCUT2D eigenvalue weighted by atomic mass is 10.0.